The summed E-state index contributed by atoms with van der Waals surface area (Å²) in [6.07, 6.45) is 3.28. The number of amides is 1. The zero-order chi connectivity index (χ0) is 14.1. The molecular weight excluding hydrogens is 272 g/mol. The van der Waals surface area contributed by atoms with Crippen LogP contribution in [0.15, 0.2) is 36.7 Å². The monoisotopic (exact) mass is 284 g/mol. The van der Waals surface area contributed by atoms with Gasteiger partial charge in [0.2, 0.25) is 0 Å². The number of carbonyl (C=O) groups is 1. The maximum atomic E-state index is 12.3. The molecule has 3 aromatic rings. The molecule has 3 aromatic heterocycles. The molecule has 100 valence electrons. The van der Waals surface area contributed by atoms with Gasteiger partial charge in [0, 0.05) is 11.9 Å². The van der Waals surface area contributed by atoms with Crippen molar-refractivity contribution in [2.45, 2.75) is 6.92 Å². The summed E-state index contributed by atoms with van der Waals surface area (Å²) < 4.78 is 0.900. The van der Waals surface area contributed by atoms with Gasteiger partial charge < -0.3 is 11.1 Å². The lowest BCUT2D eigenvalue weighted by Gasteiger charge is -2.03. The number of hydrogen-bond donors (Lipinski definition) is 2. The Morgan fingerprint density at radius 3 is 2.85 bits per heavy atom. The third-order valence-corrected chi connectivity index (χ3v) is 4.02. The first-order chi connectivity index (χ1) is 9.65. The summed E-state index contributed by atoms with van der Waals surface area (Å²) in [6.45, 7) is 1.89. The van der Waals surface area contributed by atoms with E-state index in [2.05, 4.69) is 15.3 Å². The Balaban J connectivity index is 1.92. The topological polar surface area (TPSA) is 80.9 Å². The van der Waals surface area contributed by atoms with E-state index in [1.165, 1.54) is 11.3 Å². The second-order valence-corrected chi connectivity index (χ2v) is 5.39. The van der Waals surface area contributed by atoms with Crippen LogP contribution < -0.4 is 11.1 Å². The second kappa shape index (κ2) is 4.90. The number of pyridine rings is 2. The van der Waals surface area contributed by atoms with Gasteiger partial charge >= 0.3 is 0 Å². The normalized spacial score (nSPS) is 10.7. The highest BCUT2D eigenvalue weighted by atomic mass is 32.1. The molecule has 0 bridgehead atoms. The Bertz CT molecular complexity index is 779. The largest absolute Gasteiger partial charge is 0.396 e. The number of anilines is 2. The van der Waals surface area contributed by atoms with Crippen molar-refractivity contribution in [2.75, 3.05) is 11.1 Å². The second-order valence-electron chi connectivity index (χ2n) is 4.34. The molecule has 0 aliphatic heterocycles. The standard InChI is InChI=1S/C14H12N4OS/c1-8-4-5-9(7-17-8)18-14(19)13-11(15)12-10(20-13)3-2-6-16-12/h2-7H,15H2,1H3,(H,18,19). The van der Waals surface area contributed by atoms with Crippen molar-refractivity contribution < 1.29 is 4.79 Å². The van der Waals surface area contributed by atoms with E-state index < -0.39 is 0 Å². The number of fused-ring (bicyclic) bond motifs is 1. The number of hydrogen-bond acceptors (Lipinski definition) is 5. The van der Waals surface area contributed by atoms with E-state index in [0.717, 1.165) is 10.4 Å². The molecule has 5 nitrogen and oxygen atoms in total. The Morgan fingerprint density at radius 2 is 2.15 bits per heavy atom. The number of aryl methyl sites for hydroxylation is 1. The van der Waals surface area contributed by atoms with Gasteiger partial charge in [-0.05, 0) is 31.2 Å². The highest BCUT2D eigenvalue weighted by molar-refractivity contribution is 7.21. The van der Waals surface area contributed by atoms with E-state index in [1.807, 2.05) is 31.2 Å². The fraction of sp³-hybridized carbons (Fsp3) is 0.0714. The van der Waals surface area contributed by atoms with Crippen LogP contribution in [0.1, 0.15) is 15.4 Å². The van der Waals surface area contributed by atoms with E-state index in [1.54, 1.807) is 12.4 Å². The maximum Gasteiger partial charge on any atom is 0.268 e. The predicted molar refractivity (Wildman–Crippen MR) is 81.0 cm³/mol. The number of thiophene rings is 1. The Hall–Kier alpha value is -2.47. The summed E-state index contributed by atoms with van der Waals surface area (Å²) in [6, 6.07) is 7.37. The summed E-state index contributed by atoms with van der Waals surface area (Å²) in [5, 5.41) is 2.79. The van der Waals surface area contributed by atoms with E-state index in [-0.39, 0.29) is 5.91 Å². The van der Waals surface area contributed by atoms with Crippen LogP contribution >= 0.6 is 11.3 Å². The highest BCUT2D eigenvalue weighted by Crippen LogP contribution is 2.32. The molecule has 3 heterocycles. The molecule has 0 saturated heterocycles. The Morgan fingerprint density at radius 1 is 1.30 bits per heavy atom. The Labute approximate surface area is 119 Å². The van der Waals surface area contributed by atoms with Crippen molar-refractivity contribution in [3.8, 4) is 0 Å². The fourth-order valence-electron chi connectivity index (χ4n) is 1.85. The van der Waals surface area contributed by atoms with Gasteiger partial charge in [-0.1, -0.05) is 0 Å². The average Bonchev–Trinajstić information content (AvgIpc) is 2.79. The third-order valence-electron chi connectivity index (χ3n) is 2.86. The number of nitrogens with one attached hydrogen (secondary N) is 1. The molecule has 0 aromatic carbocycles. The minimum Gasteiger partial charge on any atom is -0.396 e. The van der Waals surface area contributed by atoms with E-state index in [9.17, 15) is 4.79 Å². The van der Waals surface area contributed by atoms with Gasteiger partial charge in [-0.3, -0.25) is 14.8 Å². The first-order valence-electron chi connectivity index (χ1n) is 6.02. The molecule has 0 atom stereocenters. The van der Waals surface area contributed by atoms with Crippen LogP contribution in [-0.2, 0) is 0 Å². The van der Waals surface area contributed by atoms with Crippen LogP contribution in [0.3, 0.4) is 0 Å². The Kier molecular flexibility index (Phi) is 3.08. The zero-order valence-electron chi connectivity index (χ0n) is 10.8. The molecular formula is C14H12N4OS. The van der Waals surface area contributed by atoms with Crippen LogP contribution in [-0.4, -0.2) is 15.9 Å². The number of aromatic nitrogens is 2. The third kappa shape index (κ3) is 2.21. The molecule has 0 aliphatic carbocycles. The van der Waals surface area contributed by atoms with Gasteiger partial charge in [0.05, 0.1) is 22.3 Å². The van der Waals surface area contributed by atoms with Gasteiger partial charge in [-0.25, -0.2) is 0 Å². The van der Waals surface area contributed by atoms with Crippen molar-refractivity contribution in [1.29, 1.82) is 0 Å². The van der Waals surface area contributed by atoms with E-state index in [0.29, 0.717) is 21.8 Å². The van der Waals surface area contributed by atoms with Crippen LogP contribution in [0, 0.1) is 6.92 Å². The first kappa shape index (κ1) is 12.6. The van der Waals surface area contributed by atoms with Crippen molar-refractivity contribution in [1.82, 2.24) is 9.97 Å². The smallest absolute Gasteiger partial charge is 0.268 e. The molecule has 3 N–H and O–H groups in total. The molecule has 0 spiro atoms. The van der Waals surface area contributed by atoms with Crippen molar-refractivity contribution in [2.24, 2.45) is 0 Å². The lowest BCUT2D eigenvalue weighted by molar-refractivity contribution is 0.103. The minimum atomic E-state index is -0.240. The number of rotatable bonds is 2. The maximum absolute atomic E-state index is 12.3. The van der Waals surface area contributed by atoms with Crippen molar-refractivity contribution in [3.63, 3.8) is 0 Å². The van der Waals surface area contributed by atoms with Gasteiger partial charge in [0.1, 0.15) is 10.4 Å². The predicted octanol–water partition coefficient (Wildman–Crippen LogP) is 2.83. The SMILES string of the molecule is Cc1ccc(NC(=O)c2sc3cccnc3c2N)cn1. The number of nitrogen functional groups attached to an aromatic ring is 1. The molecule has 0 aliphatic rings. The molecule has 1 amide bonds. The van der Waals surface area contributed by atoms with Gasteiger partial charge in [-0.15, -0.1) is 11.3 Å². The van der Waals surface area contributed by atoms with Crippen molar-refractivity contribution >= 4 is 38.8 Å². The summed E-state index contributed by atoms with van der Waals surface area (Å²) in [4.78, 5) is 21.1. The fourth-order valence-corrected chi connectivity index (χ4v) is 2.82. The van der Waals surface area contributed by atoms with E-state index in [4.69, 9.17) is 5.73 Å². The molecule has 0 radical (unpaired) electrons. The van der Waals surface area contributed by atoms with E-state index >= 15 is 0 Å². The lowest BCUT2D eigenvalue weighted by atomic mass is 10.3. The van der Waals surface area contributed by atoms with Gasteiger partial charge in [-0.2, -0.15) is 0 Å². The number of nitrogens with two attached hydrogens (primary N) is 1. The highest BCUT2D eigenvalue weighted by Gasteiger charge is 2.17. The quantitative estimate of drug-likeness (QED) is 0.758. The van der Waals surface area contributed by atoms with Crippen molar-refractivity contribution in [3.05, 3.63) is 47.2 Å². The zero-order valence-corrected chi connectivity index (χ0v) is 11.6. The molecule has 0 saturated carbocycles. The molecule has 3 rings (SSSR count). The van der Waals surface area contributed by atoms with Crippen LogP contribution in [0.2, 0.25) is 0 Å². The van der Waals surface area contributed by atoms with Gasteiger partial charge in [0.15, 0.2) is 0 Å². The van der Waals surface area contributed by atoms with Crippen LogP contribution in [0.25, 0.3) is 10.2 Å². The van der Waals surface area contributed by atoms with Gasteiger partial charge in [0.25, 0.3) is 5.91 Å². The summed E-state index contributed by atoms with van der Waals surface area (Å²) in [5.74, 6) is -0.240. The summed E-state index contributed by atoms with van der Waals surface area (Å²) in [5.41, 5.74) is 8.62. The molecule has 0 unspecified atom stereocenters. The number of nitrogens with zero attached hydrogens (tertiary/aromatic N) is 2. The average molecular weight is 284 g/mol. The molecule has 6 heteroatoms. The summed E-state index contributed by atoms with van der Waals surface area (Å²) >= 11 is 1.33. The van der Waals surface area contributed by atoms with Crippen LogP contribution in [0.4, 0.5) is 11.4 Å². The molecule has 20 heavy (non-hydrogen) atoms. The lowest BCUT2D eigenvalue weighted by Crippen LogP contribution is -2.12. The first-order valence-corrected chi connectivity index (χ1v) is 6.84. The number of carbonyl (C=O) groups excluding carboxylic acids is 1. The summed E-state index contributed by atoms with van der Waals surface area (Å²) in [7, 11) is 0. The minimum absolute atomic E-state index is 0.240. The molecule has 0 fully saturated rings. The van der Waals surface area contributed by atoms with Crippen LogP contribution in [0.5, 0.6) is 0 Å².